The number of nitrogens with one attached hydrogen (secondary N) is 1. The third-order valence-corrected chi connectivity index (χ3v) is 4.75. The Balaban J connectivity index is 1.94. The van der Waals surface area contributed by atoms with Crippen molar-refractivity contribution in [1.29, 1.82) is 0 Å². The number of anilines is 1. The minimum absolute atomic E-state index is 0.398. The van der Waals surface area contributed by atoms with Gasteiger partial charge < -0.3 is 25.3 Å². The van der Waals surface area contributed by atoms with Crippen LogP contribution >= 0.6 is 11.8 Å². The highest BCUT2D eigenvalue weighted by Crippen LogP contribution is 2.37. The molecule has 0 fully saturated rings. The Labute approximate surface area is 166 Å². The molecule has 0 saturated carbocycles. The molecule has 0 aliphatic heterocycles. The summed E-state index contributed by atoms with van der Waals surface area (Å²) in [5, 5.41) is 4.14. The van der Waals surface area contributed by atoms with Crippen molar-refractivity contribution < 1.29 is 19.0 Å². The van der Waals surface area contributed by atoms with Gasteiger partial charge in [0, 0.05) is 29.1 Å². The van der Waals surface area contributed by atoms with Crippen molar-refractivity contribution >= 4 is 34.4 Å². The highest BCUT2D eigenvalue weighted by molar-refractivity contribution is 7.99. The summed E-state index contributed by atoms with van der Waals surface area (Å²) in [6, 6.07) is 10.4. The topological polar surface area (TPSA) is 109 Å². The Hall–Kier alpha value is -3.04. The predicted molar refractivity (Wildman–Crippen MR) is 107 cm³/mol. The summed E-state index contributed by atoms with van der Waals surface area (Å²) in [5.74, 6) is 1.18. The molecule has 1 aromatic heterocycles. The van der Waals surface area contributed by atoms with Crippen LogP contribution < -0.4 is 20.5 Å². The second-order valence-corrected chi connectivity index (χ2v) is 6.72. The van der Waals surface area contributed by atoms with Gasteiger partial charge in [-0.05, 0) is 24.3 Å². The summed E-state index contributed by atoms with van der Waals surface area (Å²) < 4.78 is 16.2. The molecule has 0 aliphatic carbocycles. The average molecular weight is 400 g/mol. The third-order valence-electron chi connectivity index (χ3n) is 3.75. The molecule has 0 atom stereocenters. The number of rotatable bonds is 8. The fourth-order valence-corrected chi connectivity index (χ4v) is 3.45. The van der Waals surface area contributed by atoms with E-state index in [1.807, 2.05) is 30.3 Å². The highest BCUT2D eigenvalue weighted by Gasteiger charge is 2.13. The number of benzene rings is 2. The van der Waals surface area contributed by atoms with Gasteiger partial charge in [-0.2, -0.15) is 0 Å². The zero-order valence-electron chi connectivity index (χ0n) is 15.5. The number of fused-ring (bicyclic) bond motifs is 1. The summed E-state index contributed by atoms with van der Waals surface area (Å²) >= 11 is 1.44. The van der Waals surface area contributed by atoms with Crippen LogP contribution in [-0.2, 0) is 4.74 Å². The van der Waals surface area contributed by atoms with Crippen LogP contribution in [0.5, 0.6) is 11.5 Å². The number of urea groups is 1. The molecule has 28 heavy (non-hydrogen) atoms. The Bertz CT molecular complexity index is 983. The number of hydrogen-bond donors (Lipinski definition) is 2. The van der Waals surface area contributed by atoms with Gasteiger partial charge in [-0.1, -0.05) is 17.8 Å². The number of nitrogens with two attached hydrogens (primary N) is 1. The van der Waals surface area contributed by atoms with Crippen LogP contribution in [0.4, 0.5) is 10.5 Å². The number of methoxy groups -OCH3 is 2. The third kappa shape index (κ3) is 4.81. The first-order valence-electron chi connectivity index (χ1n) is 8.39. The lowest BCUT2D eigenvalue weighted by atomic mass is 10.2. The van der Waals surface area contributed by atoms with E-state index in [0.717, 1.165) is 20.8 Å². The number of carbonyl (C=O) groups excluding carboxylic acids is 1. The minimum atomic E-state index is -0.611. The van der Waals surface area contributed by atoms with Gasteiger partial charge in [-0.15, -0.1) is 0 Å². The molecule has 2 aromatic carbocycles. The maximum Gasteiger partial charge on any atom is 0.316 e. The van der Waals surface area contributed by atoms with Gasteiger partial charge in [0.05, 0.1) is 19.2 Å². The van der Waals surface area contributed by atoms with Gasteiger partial charge in [-0.3, -0.25) is 0 Å². The number of carbonyl (C=O) groups is 1. The molecule has 2 amide bonds. The molecular formula is C19H20N4O4S. The van der Waals surface area contributed by atoms with Gasteiger partial charge in [0.2, 0.25) is 0 Å². The van der Waals surface area contributed by atoms with E-state index in [-0.39, 0.29) is 0 Å². The summed E-state index contributed by atoms with van der Waals surface area (Å²) in [4.78, 5) is 20.7. The van der Waals surface area contributed by atoms with E-state index in [4.69, 9.17) is 19.9 Å². The van der Waals surface area contributed by atoms with Crippen LogP contribution in [-0.4, -0.2) is 43.4 Å². The first kappa shape index (κ1) is 19.7. The molecule has 0 bridgehead atoms. The largest absolute Gasteiger partial charge is 0.493 e. The number of amides is 2. The van der Waals surface area contributed by atoms with E-state index in [0.29, 0.717) is 30.4 Å². The maximum absolute atomic E-state index is 11.1. The van der Waals surface area contributed by atoms with Gasteiger partial charge in [0.15, 0.2) is 11.5 Å². The highest BCUT2D eigenvalue weighted by atomic mass is 32.2. The zero-order valence-corrected chi connectivity index (χ0v) is 16.3. The van der Waals surface area contributed by atoms with Crippen LogP contribution in [0.15, 0.2) is 52.6 Å². The Kier molecular flexibility index (Phi) is 6.51. The lowest BCUT2D eigenvalue weighted by Crippen LogP contribution is -2.19. The molecule has 0 spiro atoms. The van der Waals surface area contributed by atoms with Crippen molar-refractivity contribution in [2.45, 2.75) is 9.92 Å². The number of hydrogen-bond acceptors (Lipinski definition) is 7. The maximum atomic E-state index is 11.1. The van der Waals surface area contributed by atoms with Crippen LogP contribution in [0.2, 0.25) is 0 Å². The van der Waals surface area contributed by atoms with Gasteiger partial charge in [-0.25, -0.2) is 14.8 Å². The summed E-state index contributed by atoms with van der Waals surface area (Å²) in [7, 11) is 3.20. The van der Waals surface area contributed by atoms with Gasteiger partial charge in [0.1, 0.15) is 18.0 Å². The van der Waals surface area contributed by atoms with Crippen LogP contribution in [0.1, 0.15) is 0 Å². The quantitative estimate of drug-likeness (QED) is 0.441. The molecule has 0 saturated heterocycles. The Morgan fingerprint density at radius 3 is 2.75 bits per heavy atom. The van der Waals surface area contributed by atoms with Crippen LogP contribution in [0, 0.1) is 0 Å². The van der Waals surface area contributed by atoms with E-state index < -0.39 is 6.03 Å². The fourth-order valence-electron chi connectivity index (χ4n) is 2.52. The summed E-state index contributed by atoms with van der Waals surface area (Å²) in [5.41, 5.74) is 6.53. The predicted octanol–water partition coefficient (Wildman–Crippen LogP) is 3.31. The van der Waals surface area contributed by atoms with Crippen molar-refractivity contribution in [3.63, 3.8) is 0 Å². The number of ether oxygens (including phenoxy) is 3. The van der Waals surface area contributed by atoms with E-state index in [2.05, 4.69) is 15.3 Å². The molecule has 9 heteroatoms. The fraction of sp³-hybridized carbons (Fsp3) is 0.211. The van der Waals surface area contributed by atoms with Gasteiger partial charge >= 0.3 is 6.03 Å². The molecule has 3 N–H and O–H groups in total. The molecule has 0 aliphatic rings. The minimum Gasteiger partial charge on any atom is -0.493 e. The SMILES string of the molecule is COCCOc1cc2c(Sc3cccc(NC(N)=O)c3)ncnc2cc1OC. The van der Waals surface area contributed by atoms with Crippen molar-refractivity contribution in [3.05, 3.63) is 42.7 Å². The first-order chi connectivity index (χ1) is 13.6. The number of aromatic nitrogens is 2. The monoisotopic (exact) mass is 400 g/mol. The Morgan fingerprint density at radius 2 is 2.00 bits per heavy atom. The molecule has 3 aromatic rings. The lowest BCUT2D eigenvalue weighted by molar-refractivity contribution is 0.144. The molecular weight excluding hydrogens is 380 g/mol. The normalized spacial score (nSPS) is 10.6. The lowest BCUT2D eigenvalue weighted by Gasteiger charge is -2.13. The molecule has 146 valence electrons. The molecule has 3 rings (SSSR count). The number of nitrogens with zero attached hydrogens (tertiary/aromatic N) is 2. The van der Waals surface area contributed by atoms with E-state index in [1.165, 1.54) is 18.1 Å². The Morgan fingerprint density at radius 1 is 1.14 bits per heavy atom. The van der Waals surface area contributed by atoms with Crippen molar-refractivity contribution in [3.8, 4) is 11.5 Å². The van der Waals surface area contributed by atoms with Crippen molar-refractivity contribution in [2.75, 3.05) is 32.8 Å². The molecule has 0 radical (unpaired) electrons. The van der Waals surface area contributed by atoms with Gasteiger partial charge in [0.25, 0.3) is 0 Å². The second kappa shape index (κ2) is 9.25. The van der Waals surface area contributed by atoms with E-state index >= 15 is 0 Å². The second-order valence-electron chi connectivity index (χ2n) is 5.66. The average Bonchev–Trinajstić information content (AvgIpc) is 2.68. The zero-order chi connectivity index (χ0) is 19.9. The van der Waals surface area contributed by atoms with Crippen molar-refractivity contribution in [1.82, 2.24) is 9.97 Å². The summed E-state index contributed by atoms with van der Waals surface area (Å²) in [6.07, 6.45) is 1.50. The summed E-state index contributed by atoms with van der Waals surface area (Å²) in [6.45, 7) is 0.864. The first-order valence-corrected chi connectivity index (χ1v) is 9.21. The molecule has 0 unspecified atom stereocenters. The molecule has 1 heterocycles. The molecule has 8 nitrogen and oxygen atoms in total. The van der Waals surface area contributed by atoms with E-state index in [1.54, 1.807) is 20.3 Å². The smallest absolute Gasteiger partial charge is 0.316 e. The van der Waals surface area contributed by atoms with Crippen molar-refractivity contribution in [2.24, 2.45) is 5.73 Å². The van der Waals surface area contributed by atoms with Crippen LogP contribution in [0.25, 0.3) is 10.9 Å². The van der Waals surface area contributed by atoms with Crippen LogP contribution in [0.3, 0.4) is 0 Å². The number of primary amides is 1. The standard InChI is InChI=1S/C19H20N4O4S/c1-25-6-7-27-17-9-14-15(10-16(17)26-2)21-11-22-18(14)28-13-5-3-4-12(8-13)23-19(20)24/h3-5,8-11H,6-7H2,1-2H3,(H3,20,23,24). The van der Waals surface area contributed by atoms with E-state index in [9.17, 15) is 4.79 Å².